The van der Waals surface area contributed by atoms with Crippen LogP contribution in [0.25, 0.3) is 0 Å². The maximum atomic E-state index is 10.3. The number of hydrogen-bond acceptors (Lipinski definition) is 2. The number of aliphatic hydroxyl groups excluding tert-OH is 1. The maximum Gasteiger partial charge on any atom is 0.0914 e. The largest absolute Gasteiger partial charge is 0.387 e. The van der Waals surface area contributed by atoms with Crippen molar-refractivity contribution in [2.75, 3.05) is 6.54 Å². The van der Waals surface area contributed by atoms with Gasteiger partial charge in [-0.05, 0) is 48.1 Å². The fourth-order valence-corrected chi connectivity index (χ4v) is 3.23. The van der Waals surface area contributed by atoms with Crippen LogP contribution in [0, 0.1) is 11.8 Å². The molecule has 1 aliphatic carbocycles. The first kappa shape index (κ1) is 16.5. The van der Waals surface area contributed by atoms with Crippen molar-refractivity contribution in [2.24, 2.45) is 11.8 Å². The second kappa shape index (κ2) is 7.42. The predicted octanol–water partition coefficient (Wildman–Crippen LogP) is 4.26. The van der Waals surface area contributed by atoms with Gasteiger partial charge in [0, 0.05) is 12.6 Å². The average molecular weight is 289 g/mol. The summed E-state index contributed by atoms with van der Waals surface area (Å²) in [5, 5.41) is 13.9. The highest BCUT2D eigenvalue weighted by molar-refractivity contribution is 5.26. The molecule has 0 spiro atoms. The lowest BCUT2D eigenvalue weighted by Gasteiger charge is -2.33. The molecule has 0 bridgehead atoms. The molecule has 2 N–H and O–H groups in total. The summed E-state index contributed by atoms with van der Waals surface area (Å²) in [7, 11) is 0. The molecule has 1 aromatic carbocycles. The highest BCUT2D eigenvalue weighted by Gasteiger charge is 2.24. The van der Waals surface area contributed by atoms with E-state index in [1.807, 2.05) is 0 Å². The molecular formula is C19H31NO. The van der Waals surface area contributed by atoms with Gasteiger partial charge in [-0.3, -0.25) is 0 Å². The molecule has 1 saturated carbocycles. The number of nitrogens with one attached hydrogen (secondary N) is 1. The Morgan fingerprint density at radius 3 is 2.24 bits per heavy atom. The molecule has 0 amide bonds. The molecule has 1 aliphatic rings. The Balaban J connectivity index is 1.82. The molecule has 0 saturated heterocycles. The average Bonchev–Trinajstić information content (AvgIpc) is 2.48. The lowest BCUT2D eigenvalue weighted by molar-refractivity contribution is 0.154. The van der Waals surface area contributed by atoms with Gasteiger partial charge in [-0.2, -0.15) is 0 Å². The van der Waals surface area contributed by atoms with Crippen LogP contribution < -0.4 is 5.32 Å². The summed E-state index contributed by atoms with van der Waals surface area (Å²) >= 11 is 0. The summed E-state index contributed by atoms with van der Waals surface area (Å²) in [5.74, 6) is 2.18. The van der Waals surface area contributed by atoms with Crippen molar-refractivity contribution in [1.29, 1.82) is 0 Å². The van der Waals surface area contributed by atoms with E-state index >= 15 is 0 Å². The Labute approximate surface area is 130 Å². The minimum absolute atomic E-state index is 0.402. The van der Waals surface area contributed by atoms with Crippen molar-refractivity contribution in [3.8, 4) is 0 Å². The standard InChI is InChI=1S/C19H31NO/c1-13(2)16-6-8-17(9-7-16)19(21)12-20-18-10-5-14(3)15(4)11-18/h6-9,13-15,18-21H,5,10-12H2,1-4H3. The third-order valence-electron chi connectivity index (χ3n) is 5.19. The molecule has 1 fully saturated rings. The Morgan fingerprint density at radius 2 is 1.67 bits per heavy atom. The van der Waals surface area contributed by atoms with Gasteiger partial charge < -0.3 is 10.4 Å². The van der Waals surface area contributed by atoms with E-state index < -0.39 is 6.10 Å². The van der Waals surface area contributed by atoms with Crippen LogP contribution in [0.2, 0.25) is 0 Å². The van der Waals surface area contributed by atoms with E-state index in [0.29, 0.717) is 18.5 Å². The van der Waals surface area contributed by atoms with Crippen LogP contribution in [0.5, 0.6) is 0 Å². The topological polar surface area (TPSA) is 32.3 Å². The highest BCUT2D eigenvalue weighted by Crippen LogP contribution is 2.29. The Bertz CT molecular complexity index is 426. The van der Waals surface area contributed by atoms with Crippen LogP contribution in [0.4, 0.5) is 0 Å². The van der Waals surface area contributed by atoms with E-state index in [1.54, 1.807) is 0 Å². The highest BCUT2D eigenvalue weighted by atomic mass is 16.3. The fraction of sp³-hybridized carbons (Fsp3) is 0.684. The predicted molar refractivity (Wildman–Crippen MR) is 89.5 cm³/mol. The van der Waals surface area contributed by atoms with Crippen molar-refractivity contribution in [3.05, 3.63) is 35.4 Å². The van der Waals surface area contributed by atoms with E-state index in [9.17, 15) is 5.11 Å². The normalized spacial score (nSPS) is 27.8. The van der Waals surface area contributed by atoms with Gasteiger partial charge in [0.25, 0.3) is 0 Å². The quantitative estimate of drug-likeness (QED) is 0.849. The molecule has 2 rings (SSSR count). The van der Waals surface area contributed by atoms with Gasteiger partial charge in [-0.15, -0.1) is 0 Å². The van der Waals surface area contributed by atoms with E-state index in [2.05, 4.69) is 57.3 Å². The molecule has 21 heavy (non-hydrogen) atoms. The van der Waals surface area contributed by atoms with Crippen LogP contribution in [0.1, 0.15) is 70.1 Å². The van der Waals surface area contributed by atoms with E-state index in [-0.39, 0.29) is 0 Å². The van der Waals surface area contributed by atoms with E-state index in [4.69, 9.17) is 0 Å². The zero-order valence-corrected chi connectivity index (χ0v) is 14.0. The molecule has 2 heteroatoms. The number of aliphatic hydroxyl groups is 1. The lowest BCUT2D eigenvalue weighted by atomic mass is 9.79. The zero-order valence-electron chi connectivity index (χ0n) is 14.0. The maximum absolute atomic E-state index is 10.3. The molecule has 2 nitrogen and oxygen atoms in total. The van der Waals surface area contributed by atoms with Crippen LogP contribution in [-0.2, 0) is 0 Å². The van der Waals surface area contributed by atoms with Crippen molar-refractivity contribution in [2.45, 2.75) is 65.0 Å². The SMILES string of the molecule is CC(C)c1ccc(C(O)CNC2CCC(C)C(C)C2)cc1. The van der Waals surface area contributed by atoms with Gasteiger partial charge in [-0.25, -0.2) is 0 Å². The third kappa shape index (κ3) is 4.55. The molecule has 4 atom stereocenters. The first-order valence-corrected chi connectivity index (χ1v) is 8.48. The molecule has 0 heterocycles. The van der Waals surface area contributed by atoms with Crippen molar-refractivity contribution in [1.82, 2.24) is 5.32 Å². The number of rotatable bonds is 5. The van der Waals surface area contributed by atoms with Gasteiger partial charge in [0.05, 0.1) is 6.10 Å². The molecule has 1 aromatic rings. The molecule has 0 aromatic heterocycles. The van der Waals surface area contributed by atoms with Gasteiger partial charge in [0.1, 0.15) is 0 Å². The Kier molecular flexibility index (Phi) is 5.83. The van der Waals surface area contributed by atoms with E-state index in [0.717, 1.165) is 17.4 Å². The van der Waals surface area contributed by atoms with Crippen LogP contribution in [0.15, 0.2) is 24.3 Å². The van der Waals surface area contributed by atoms with Crippen molar-refractivity contribution in [3.63, 3.8) is 0 Å². The smallest absolute Gasteiger partial charge is 0.0914 e. The zero-order chi connectivity index (χ0) is 15.4. The summed E-state index contributed by atoms with van der Waals surface area (Å²) in [4.78, 5) is 0. The van der Waals surface area contributed by atoms with Crippen molar-refractivity contribution >= 4 is 0 Å². The van der Waals surface area contributed by atoms with Crippen LogP contribution >= 0.6 is 0 Å². The molecule has 4 unspecified atom stereocenters. The Morgan fingerprint density at radius 1 is 1.05 bits per heavy atom. The summed E-state index contributed by atoms with van der Waals surface area (Å²) in [6, 6.07) is 8.96. The number of benzene rings is 1. The minimum atomic E-state index is -0.402. The second-order valence-electron chi connectivity index (χ2n) is 7.21. The monoisotopic (exact) mass is 289 g/mol. The van der Waals surface area contributed by atoms with Crippen LogP contribution in [0.3, 0.4) is 0 Å². The summed E-state index contributed by atoms with van der Waals surface area (Å²) in [5.41, 5.74) is 2.35. The van der Waals surface area contributed by atoms with E-state index in [1.165, 1.54) is 24.8 Å². The van der Waals surface area contributed by atoms with Crippen molar-refractivity contribution < 1.29 is 5.11 Å². The molecule has 118 valence electrons. The summed E-state index contributed by atoms with van der Waals surface area (Å²) in [6.07, 6.45) is 3.38. The fourth-order valence-electron chi connectivity index (χ4n) is 3.23. The first-order chi connectivity index (χ1) is 9.97. The molecule has 0 radical (unpaired) electrons. The molecule has 0 aliphatic heterocycles. The van der Waals surface area contributed by atoms with Gasteiger partial charge >= 0.3 is 0 Å². The number of hydrogen-bond donors (Lipinski definition) is 2. The summed E-state index contributed by atoms with van der Waals surface area (Å²) < 4.78 is 0. The second-order valence-corrected chi connectivity index (χ2v) is 7.21. The molecular weight excluding hydrogens is 258 g/mol. The Hall–Kier alpha value is -0.860. The van der Waals surface area contributed by atoms with Gasteiger partial charge in [0.2, 0.25) is 0 Å². The van der Waals surface area contributed by atoms with Crippen LogP contribution in [-0.4, -0.2) is 17.7 Å². The van der Waals surface area contributed by atoms with Gasteiger partial charge in [0.15, 0.2) is 0 Å². The minimum Gasteiger partial charge on any atom is -0.387 e. The summed E-state index contributed by atoms with van der Waals surface area (Å²) in [6.45, 7) is 9.74. The van der Waals surface area contributed by atoms with Gasteiger partial charge in [-0.1, -0.05) is 52.0 Å². The lowest BCUT2D eigenvalue weighted by Crippen LogP contribution is -2.38. The third-order valence-corrected chi connectivity index (χ3v) is 5.19. The first-order valence-electron chi connectivity index (χ1n) is 8.48.